The molecule has 6 nitrogen and oxygen atoms in total. The van der Waals surface area contributed by atoms with E-state index in [0.29, 0.717) is 18.4 Å². The number of carbonyl (C=O) groups is 2. The highest BCUT2D eigenvalue weighted by Gasteiger charge is 2.44. The van der Waals surface area contributed by atoms with Crippen LogP contribution < -0.4 is 0 Å². The Balaban J connectivity index is 2.38. The van der Waals surface area contributed by atoms with Crippen LogP contribution in [0.3, 0.4) is 0 Å². The van der Waals surface area contributed by atoms with Gasteiger partial charge < -0.3 is 19.7 Å². The number of allylic oxidation sites excluding steroid dienone is 1. The van der Waals surface area contributed by atoms with Crippen molar-refractivity contribution in [2.24, 2.45) is 5.92 Å². The zero-order valence-electron chi connectivity index (χ0n) is 15.2. The molecule has 1 aliphatic carbocycles. The summed E-state index contributed by atoms with van der Waals surface area (Å²) in [5.41, 5.74) is 2.36. The molecule has 1 saturated heterocycles. The van der Waals surface area contributed by atoms with Gasteiger partial charge in [-0.1, -0.05) is 18.2 Å². The van der Waals surface area contributed by atoms with Crippen molar-refractivity contribution in [3.05, 3.63) is 47.1 Å². The number of carbonyl (C=O) groups excluding carboxylic acids is 2. The monoisotopic (exact) mass is 362 g/mol. The molecule has 0 radical (unpaired) electrons. The molecule has 0 bridgehead atoms. The fourth-order valence-corrected chi connectivity index (χ4v) is 3.23. The lowest BCUT2D eigenvalue weighted by molar-refractivity contribution is -0.147. The number of fused-ring (bicyclic) bond motifs is 1. The van der Waals surface area contributed by atoms with E-state index >= 15 is 0 Å². The van der Waals surface area contributed by atoms with Gasteiger partial charge in [-0.2, -0.15) is 0 Å². The predicted molar refractivity (Wildman–Crippen MR) is 96.0 cm³/mol. The van der Waals surface area contributed by atoms with Gasteiger partial charge in [0, 0.05) is 17.6 Å². The summed E-state index contributed by atoms with van der Waals surface area (Å²) in [6, 6.07) is 0. The molecule has 0 spiro atoms. The minimum atomic E-state index is -0.626. The van der Waals surface area contributed by atoms with Crippen molar-refractivity contribution in [3.63, 3.8) is 0 Å². The Morgan fingerprint density at radius 1 is 1.46 bits per heavy atom. The van der Waals surface area contributed by atoms with Crippen molar-refractivity contribution < 1.29 is 29.3 Å². The van der Waals surface area contributed by atoms with Crippen molar-refractivity contribution in [2.45, 2.75) is 45.3 Å². The Morgan fingerprint density at radius 3 is 2.85 bits per heavy atom. The Labute approximate surface area is 153 Å². The summed E-state index contributed by atoms with van der Waals surface area (Å²) < 4.78 is 11.1. The minimum absolute atomic E-state index is 0.122. The van der Waals surface area contributed by atoms with Crippen LogP contribution in [0, 0.1) is 5.92 Å². The number of hydrogen-bond donors (Lipinski definition) is 2. The number of rotatable bonds is 4. The van der Waals surface area contributed by atoms with Crippen LogP contribution in [0.15, 0.2) is 47.1 Å². The molecule has 142 valence electrons. The first-order valence-corrected chi connectivity index (χ1v) is 8.71. The van der Waals surface area contributed by atoms with Crippen LogP contribution in [0.25, 0.3) is 0 Å². The molecule has 3 atom stereocenters. The molecule has 1 heterocycles. The molecule has 26 heavy (non-hydrogen) atoms. The number of aliphatic hydroxyl groups is 2. The van der Waals surface area contributed by atoms with Crippen LogP contribution in [0.2, 0.25) is 0 Å². The summed E-state index contributed by atoms with van der Waals surface area (Å²) >= 11 is 0. The summed E-state index contributed by atoms with van der Waals surface area (Å²) in [6.45, 7) is 6.95. The molecule has 0 saturated carbocycles. The summed E-state index contributed by atoms with van der Waals surface area (Å²) in [7, 11) is 0. The molecular formula is C20H26O6. The zero-order chi connectivity index (χ0) is 19.3. The fourth-order valence-electron chi connectivity index (χ4n) is 3.23. The van der Waals surface area contributed by atoms with E-state index in [9.17, 15) is 14.7 Å². The van der Waals surface area contributed by atoms with E-state index in [0.717, 1.165) is 17.6 Å². The van der Waals surface area contributed by atoms with Gasteiger partial charge in [0.1, 0.15) is 12.2 Å². The van der Waals surface area contributed by atoms with Gasteiger partial charge in [0.15, 0.2) is 0 Å². The molecule has 1 fully saturated rings. The smallest absolute Gasteiger partial charge is 0.334 e. The third-order valence-electron chi connectivity index (χ3n) is 4.72. The number of aliphatic hydroxyl groups excluding tert-OH is 2. The first-order chi connectivity index (χ1) is 12.4. The third-order valence-corrected chi connectivity index (χ3v) is 4.72. The number of hydrogen-bond acceptors (Lipinski definition) is 6. The highest BCUT2D eigenvalue weighted by Crippen LogP contribution is 2.36. The molecule has 6 heteroatoms. The van der Waals surface area contributed by atoms with Crippen molar-refractivity contribution in [2.75, 3.05) is 13.2 Å². The lowest BCUT2D eigenvalue weighted by Crippen LogP contribution is -2.33. The number of esters is 2. The first-order valence-electron chi connectivity index (χ1n) is 8.71. The lowest BCUT2D eigenvalue weighted by atomic mass is 9.85. The van der Waals surface area contributed by atoms with E-state index in [4.69, 9.17) is 14.6 Å². The van der Waals surface area contributed by atoms with Gasteiger partial charge in [0.05, 0.1) is 19.1 Å². The van der Waals surface area contributed by atoms with Crippen molar-refractivity contribution in [1.82, 2.24) is 0 Å². The van der Waals surface area contributed by atoms with E-state index in [1.165, 1.54) is 6.08 Å². The van der Waals surface area contributed by atoms with Crippen molar-refractivity contribution >= 4 is 11.9 Å². The largest absolute Gasteiger partial charge is 0.458 e. The highest BCUT2D eigenvalue weighted by molar-refractivity contribution is 5.92. The van der Waals surface area contributed by atoms with Crippen LogP contribution in [-0.2, 0) is 19.1 Å². The maximum absolute atomic E-state index is 12.3. The second-order valence-electron chi connectivity index (χ2n) is 6.71. The summed E-state index contributed by atoms with van der Waals surface area (Å²) in [6.07, 6.45) is 5.78. The van der Waals surface area contributed by atoms with Crippen LogP contribution in [0.4, 0.5) is 0 Å². The first kappa shape index (κ1) is 20.1. The average molecular weight is 362 g/mol. The van der Waals surface area contributed by atoms with Crippen LogP contribution in [0.5, 0.6) is 0 Å². The zero-order valence-corrected chi connectivity index (χ0v) is 15.2. The summed E-state index contributed by atoms with van der Waals surface area (Å²) in [5, 5.41) is 18.5. The van der Waals surface area contributed by atoms with Gasteiger partial charge >= 0.3 is 11.9 Å². The molecule has 2 rings (SSSR count). The predicted octanol–water partition coefficient (Wildman–Crippen LogP) is 1.98. The molecule has 0 aromatic rings. The van der Waals surface area contributed by atoms with E-state index in [2.05, 4.69) is 6.58 Å². The fraction of sp³-hybridized carbons (Fsp3) is 0.500. The Kier molecular flexibility index (Phi) is 6.94. The Morgan fingerprint density at radius 2 is 2.19 bits per heavy atom. The molecule has 2 aliphatic rings. The second-order valence-corrected chi connectivity index (χ2v) is 6.71. The standard InChI is InChI=1S/C20H26O6/c1-12-5-4-6-15(11-22)10-17-18(14(3)20(24)26-17)16(9-12)25-19(23)13(2)7-8-21/h5,7,10,16-18,21-22H,3-4,6,8-9,11H2,1-2H3/b12-5+,13-7-,15-10-/t16-,17+,18-/m0/s1. The topological polar surface area (TPSA) is 93.1 Å². The normalized spacial score (nSPS) is 31.2. The molecule has 0 unspecified atom stereocenters. The molecule has 1 aliphatic heterocycles. The van der Waals surface area contributed by atoms with Crippen LogP contribution in [-0.4, -0.2) is 47.6 Å². The van der Waals surface area contributed by atoms with Gasteiger partial charge in [0.2, 0.25) is 0 Å². The van der Waals surface area contributed by atoms with Crippen LogP contribution in [0.1, 0.15) is 33.1 Å². The summed E-state index contributed by atoms with van der Waals surface area (Å²) in [5.74, 6) is -1.58. The molecule has 2 N–H and O–H groups in total. The maximum atomic E-state index is 12.3. The van der Waals surface area contributed by atoms with E-state index in [1.54, 1.807) is 13.0 Å². The summed E-state index contributed by atoms with van der Waals surface area (Å²) in [4.78, 5) is 24.4. The van der Waals surface area contributed by atoms with Gasteiger partial charge in [-0.15, -0.1) is 0 Å². The highest BCUT2D eigenvalue weighted by atomic mass is 16.6. The molecule has 0 aromatic carbocycles. The van der Waals surface area contributed by atoms with Crippen LogP contribution >= 0.6 is 0 Å². The van der Waals surface area contributed by atoms with E-state index in [-0.39, 0.29) is 18.8 Å². The Bertz CT molecular complexity index is 670. The Hall–Kier alpha value is -2.18. The molecular weight excluding hydrogens is 336 g/mol. The van der Waals surface area contributed by atoms with Crippen molar-refractivity contribution in [3.8, 4) is 0 Å². The number of ether oxygens (including phenoxy) is 2. The van der Waals surface area contributed by atoms with E-state index in [1.807, 2.05) is 13.0 Å². The second kappa shape index (κ2) is 8.96. The molecule has 0 amide bonds. The SMILES string of the molecule is C=C1C(=O)O[C@@H]2/C=C(\CO)CC/C=C(\C)C[C@H](OC(=O)/C(C)=C\CO)[C@H]12. The van der Waals surface area contributed by atoms with Gasteiger partial charge in [0.25, 0.3) is 0 Å². The lowest BCUT2D eigenvalue weighted by Gasteiger charge is -2.27. The average Bonchev–Trinajstić information content (AvgIpc) is 2.87. The van der Waals surface area contributed by atoms with Gasteiger partial charge in [-0.25, -0.2) is 9.59 Å². The van der Waals surface area contributed by atoms with Crippen molar-refractivity contribution in [1.29, 1.82) is 0 Å². The quantitative estimate of drug-likeness (QED) is 0.451. The maximum Gasteiger partial charge on any atom is 0.334 e. The minimum Gasteiger partial charge on any atom is -0.458 e. The molecule has 0 aromatic heterocycles. The van der Waals surface area contributed by atoms with E-state index < -0.39 is 30.1 Å². The van der Waals surface area contributed by atoms with Gasteiger partial charge in [-0.3, -0.25) is 0 Å². The third kappa shape index (κ3) is 4.71. The van der Waals surface area contributed by atoms with Gasteiger partial charge in [-0.05, 0) is 44.4 Å².